The van der Waals surface area contributed by atoms with Crippen LogP contribution in [0.2, 0.25) is 0 Å². The topological polar surface area (TPSA) is 105 Å². The summed E-state index contributed by atoms with van der Waals surface area (Å²) < 4.78 is 31.7. The summed E-state index contributed by atoms with van der Waals surface area (Å²) in [7, 11) is 0. The Kier molecular flexibility index (Phi) is 7.04. The Bertz CT molecular complexity index is 1070. The van der Waals surface area contributed by atoms with Gasteiger partial charge in [-0.3, -0.25) is 4.79 Å². The van der Waals surface area contributed by atoms with Gasteiger partial charge >= 0.3 is 12.1 Å². The molecule has 0 bridgehead atoms. The number of aryl methyl sites for hydroxylation is 2. The molecular weight excluding hydrogens is 419 g/mol. The number of hydrogen-bond acceptors (Lipinski definition) is 5. The van der Waals surface area contributed by atoms with Gasteiger partial charge in [-0.1, -0.05) is 30.3 Å². The van der Waals surface area contributed by atoms with Gasteiger partial charge in [0.25, 0.3) is 5.91 Å². The highest BCUT2D eigenvalue weighted by Crippen LogP contribution is 2.35. The molecule has 0 aliphatic rings. The van der Waals surface area contributed by atoms with Crippen LogP contribution in [0.25, 0.3) is 10.2 Å². The van der Waals surface area contributed by atoms with Crippen LogP contribution in [0.15, 0.2) is 36.4 Å². The van der Waals surface area contributed by atoms with E-state index in [4.69, 9.17) is 15.6 Å². The van der Waals surface area contributed by atoms with Gasteiger partial charge in [0.2, 0.25) is 0 Å². The number of carboxylic acids is 1. The zero-order valence-corrected chi connectivity index (χ0v) is 17.2. The fourth-order valence-electron chi connectivity index (χ4n) is 2.73. The minimum Gasteiger partial charge on any atom is -0.475 e. The minimum atomic E-state index is -5.08. The number of carbonyl (C=O) groups is 2. The lowest BCUT2D eigenvalue weighted by Crippen LogP contribution is -2.26. The molecule has 3 rings (SSSR count). The van der Waals surface area contributed by atoms with Gasteiger partial charge in [0.15, 0.2) is 0 Å². The molecule has 0 aliphatic heterocycles. The van der Waals surface area contributed by atoms with E-state index in [1.807, 2.05) is 57.2 Å². The number of aromatic nitrogens is 1. The molecule has 10 heteroatoms. The molecular formula is C20H20F3N3O3S. The van der Waals surface area contributed by atoms with Gasteiger partial charge in [0, 0.05) is 11.1 Å². The first-order valence-electron chi connectivity index (χ1n) is 8.74. The van der Waals surface area contributed by atoms with Crippen LogP contribution >= 0.6 is 11.3 Å². The SMILES string of the molecule is Cc1cc(C)c2c(N)c(C(=O)NC(C)c3ccccc3)sc2n1.O=C(O)C(F)(F)F. The fraction of sp³-hybridized carbons (Fsp3) is 0.250. The number of carboxylic acid groups (broad SMARTS) is 1. The smallest absolute Gasteiger partial charge is 0.475 e. The number of aliphatic carboxylic acids is 1. The maximum atomic E-state index is 12.6. The van der Waals surface area contributed by atoms with Gasteiger partial charge in [-0.05, 0) is 38.0 Å². The molecule has 6 nitrogen and oxygen atoms in total. The van der Waals surface area contributed by atoms with Gasteiger partial charge in [0.1, 0.15) is 9.71 Å². The fourth-order valence-corrected chi connectivity index (χ4v) is 3.84. The number of nitrogens with zero attached hydrogens (tertiary/aromatic N) is 1. The number of thiophene rings is 1. The predicted octanol–water partition coefficient (Wildman–Crippen LogP) is 4.62. The van der Waals surface area contributed by atoms with Crippen molar-refractivity contribution >= 4 is 39.1 Å². The van der Waals surface area contributed by atoms with E-state index in [0.29, 0.717) is 10.6 Å². The number of pyridine rings is 1. The van der Waals surface area contributed by atoms with Crippen LogP contribution in [0.3, 0.4) is 0 Å². The number of alkyl halides is 3. The number of halogens is 3. The molecule has 0 fully saturated rings. The van der Waals surface area contributed by atoms with Gasteiger partial charge < -0.3 is 16.2 Å². The van der Waals surface area contributed by atoms with E-state index in [2.05, 4.69) is 10.3 Å². The summed E-state index contributed by atoms with van der Waals surface area (Å²) in [5.41, 5.74) is 9.78. The Balaban J connectivity index is 0.000000396. The Morgan fingerprint density at radius 3 is 2.30 bits per heavy atom. The highest BCUT2D eigenvalue weighted by Gasteiger charge is 2.38. The van der Waals surface area contributed by atoms with Crippen LogP contribution in [0.4, 0.5) is 18.9 Å². The summed E-state index contributed by atoms with van der Waals surface area (Å²) in [5.74, 6) is -2.91. The van der Waals surface area contributed by atoms with Crippen molar-refractivity contribution < 1.29 is 27.9 Å². The third-order valence-electron chi connectivity index (χ3n) is 4.12. The van der Waals surface area contributed by atoms with Crippen LogP contribution in [0, 0.1) is 13.8 Å². The number of nitrogens with one attached hydrogen (secondary N) is 1. The van der Waals surface area contributed by atoms with E-state index in [-0.39, 0.29) is 11.9 Å². The first-order chi connectivity index (χ1) is 13.9. The molecule has 0 saturated heterocycles. The van der Waals surface area contributed by atoms with Crippen molar-refractivity contribution in [2.45, 2.75) is 33.0 Å². The van der Waals surface area contributed by atoms with Crippen molar-refractivity contribution in [2.75, 3.05) is 5.73 Å². The second-order valence-corrected chi connectivity index (χ2v) is 7.51. The number of nitrogens with two attached hydrogens (primary N) is 1. The van der Waals surface area contributed by atoms with E-state index < -0.39 is 12.1 Å². The molecule has 160 valence electrons. The summed E-state index contributed by atoms with van der Waals surface area (Å²) in [6.45, 7) is 5.90. The van der Waals surface area contributed by atoms with Crippen LogP contribution in [-0.2, 0) is 4.79 Å². The standard InChI is InChI=1S/C18H19N3OS.C2HF3O2/c1-10-9-11(2)20-18-14(10)15(19)16(23-18)17(22)21-12(3)13-7-5-4-6-8-13;3-2(4,5)1(6)7/h4-9,12H,19H2,1-3H3,(H,21,22);(H,6,7). The maximum absolute atomic E-state index is 12.6. The highest BCUT2D eigenvalue weighted by molar-refractivity contribution is 7.21. The summed E-state index contributed by atoms with van der Waals surface area (Å²) in [4.78, 5) is 27.3. The molecule has 0 saturated carbocycles. The zero-order chi connectivity index (χ0) is 22.6. The Labute approximate surface area is 174 Å². The van der Waals surface area contributed by atoms with Crippen LogP contribution < -0.4 is 11.1 Å². The molecule has 0 spiro atoms. The molecule has 1 aromatic carbocycles. The summed E-state index contributed by atoms with van der Waals surface area (Å²) >= 11 is 1.35. The molecule has 1 amide bonds. The minimum absolute atomic E-state index is 0.0795. The number of anilines is 1. The maximum Gasteiger partial charge on any atom is 0.490 e. The number of fused-ring (bicyclic) bond motifs is 1. The number of rotatable bonds is 3. The molecule has 2 heterocycles. The second-order valence-electron chi connectivity index (χ2n) is 6.51. The molecule has 0 aliphatic carbocycles. The molecule has 0 radical (unpaired) electrons. The first kappa shape index (κ1) is 23.1. The molecule has 2 aromatic heterocycles. The van der Waals surface area contributed by atoms with Crippen molar-refractivity contribution in [3.05, 3.63) is 58.1 Å². The van der Waals surface area contributed by atoms with E-state index in [0.717, 1.165) is 27.0 Å². The molecule has 3 aromatic rings. The van der Waals surface area contributed by atoms with Crippen molar-refractivity contribution in [2.24, 2.45) is 0 Å². The average Bonchev–Trinajstić information content (AvgIpc) is 2.98. The monoisotopic (exact) mass is 439 g/mol. The third-order valence-corrected chi connectivity index (χ3v) is 5.22. The third kappa shape index (κ3) is 5.47. The Hall–Kier alpha value is -3.14. The lowest BCUT2D eigenvalue weighted by molar-refractivity contribution is -0.192. The normalized spacial score (nSPS) is 12.1. The Morgan fingerprint density at radius 1 is 1.20 bits per heavy atom. The van der Waals surface area contributed by atoms with Gasteiger partial charge in [-0.25, -0.2) is 9.78 Å². The molecule has 1 unspecified atom stereocenters. The van der Waals surface area contributed by atoms with E-state index >= 15 is 0 Å². The van der Waals surface area contributed by atoms with Crippen molar-refractivity contribution in [1.29, 1.82) is 0 Å². The first-order valence-corrected chi connectivity index (χ1v) is 9.55. The number of hydrogen-bond donors (Lipinski definition) is 3. The average molecular weight is 439 g/mol. The number of nitrogen functional groups attached to an aromatic ring is 1. The van der Waals surface area contributed by atoms with Crippen molar-refractivity contribution in [3.63, 3.8) is 0 Å². The molecule has 4 N–H and O–H groups in total. The van der Waals surface area contributed by atoms with Crippen LogP contribution in [0.5, 0.6) is 0 Å². The summed E-state index contributed by atoms with van der Waals surface area (Å²) in [6.07, 6.45) is -5.08. The van der Waals surface area contributed by atoms with Crippen molar-refractivity contribution in [1.82, 2.24) is 10.3 Å². The van der Waals surface area contributed by atoms with E-state index in [1.54, 1.807) is 0 Å². The van der Waals surface area contributed by atoms with Crippen LogP contribution in [0.1, 0.15) is 39.5 Å². The second kappa shape index (κ2) is 9.12. The van der Waals surface area contributed by atoms with Gasteiger partial charge in [-0.2, -0.15) is 13.2 Å². The predicted molar refractivity (Wildman–Crippen MR) is 110 cm³/mol. The molecule has 1 atom stereocenters. The van der Waals surface area contributed by atoms with E-state index in [9.17, 15) is 18.0 Å². The number of benzene rings is 1. The zero-order valence-electron chi connectivity index (χ0n) is 16.4. The summed E-state index contributed by atoms with van der Waals surface area (Å²) in [5, 5.41) is 11.0. The number of amides is 1. The Morgan fingerprint density at radius 2 is 1.77 bits per heavy atom. The lowest BCUT2D eigenvalue weighted by atomic mass is 10.1. The van der Waals surface area contributed by atoms with Crippen molar-refractivity contribution in [3.8, 4) is 0 Å². The largest absolute Gasteiger partial charge is 0.490 e. The quantitative estimate of drug-likeness (QED) is 0.552. The lowest BCUT2D eigenvalue weighted by Gasteiger charge is -2.13. The summed E-state index contributed by atoms with van der Waals surface area (Å²) in [6, 6.07) is 11.8. The van der Waals surface area contributed by atoms with Gasteiger partial charge in [-0.15, -0.1) is 11.3 Å². The highest BCUT2D eigenvalue weighted by atomic mass is 32.1. The number of carbonyl (C=O) groups excluding carboxylic acids is 1. The van der Waals surface area contributed by atoms with E-state index in [1.165, 1.54) is 11.3 Å². The van der Waals surface area contributed by atoms with Crippen LogP contribution in [-0.4, -0.2) is 28.1 Å². The van der Waals surface area contributed by atoms with Gasteiger partial charge in [0.05, 0.1) is 11.7 Å². The molecule has 30 heavy (non-hydrogen) atoms.